The molecule has 3 rings (SSSR count). The summed E-state index contributed by atoms with van der Waals surface area (Å²) in [5, 5.41) is 11.4. The lowest BCUT2D eigenvalue weighted by Crippen LogP contribution is -2.33. The third-order valence-corrected chi connectivity index (χ3v) is 3.67. The molecule has 0 bridgehead atoms. The summed E-state index contributed by atoms with van der Waals surface area (Å²) in [5.41, 5.74) is 1.81. The van der Waals surface area contributed by atoms with Crippen LogP contribution >= 0.6 is 15.9 Å². The number of hydrogen-bond acceptors (Lipinski definition) is 2. The Hall–Kier alpha value is -1.95. The SMILES string of the molecule is O=C(c1cc(Br)c[n+]([O-])c1)N1CCc2cc(F)ccc21. The van der Waals surface area contributed by atoms with Crippen LogP contribution in [0.4, 0.5) is 10.1 Å². The Morgan fingerprint density at radius 1 is 1.35 bits per heavy atom. The van der Waals surface area contributed by atoms with Gasteiger partial charge in [0.15, 0.2) is 12.4 Å². The fourth-order valence-corrected chi connectivity index (χ4v) is 2.82. The minimum atomic E-state index is -0.307. The van der Waals surface area contributed by atoms with E-state index in [9.17, 15) is 14.4 Å². The molecule has 0 saturated carbocycles. The van der Waals surface area contributed by atoms with Gasteiger partial charge in [-0.15, -0.1) is 0 Å². The quantitative estimate of drug-likeness (QED) is 0.593. The average Bonchev–Trinajstić information content (AvgIpc) is 2.79. The number of anilines is 1. The molecule has 1 aliphatic heterocycles. The van der Waals surface area contributed by atoms with E-state index in [0.717, 1.165) is 5.56 Å². The molecule has 0 spiro atoms. The van der Waals surface area contributed by atoms with Crippen LogP contribution < -0.4 is 9.63 Å². The van der Waals surface area contributed by atoms with Crippen molar-refractivity contribution in [2.75, 3.05) is 11.4 Å². The highest BCUT2D eigenvalue weighted by Crippen LogP contribution is 2.29. The van der Waals surface area contributed by atoms with Crippen LogP contribution in [0.5, 0.6) is 0 Å². The first-order valence-corrected chi connectivity index (χ1v) is 6.83. The largest absolute Gasteiger partial charge is 0.619 e. The molecule has 1 aliphatic rings. The molecule has 4 nitrogen and oxygen atoms in total. The van der Waals surface area contributed by atoms with Gasteiger partial charge in [0.25, 0.3) is 5.91 Å². The minimum absolute atomic E-state index is 0.263. The maximum Gasteiger partial charge on any atom is 0.264 e. The summed E-state index contributed by atoms with van der Waals surface area (Å²) >= 11 is 3.19. The number of aromatic nitrogens is 1. The zero-order valence-corrected chi connectivity index (χ0v) is 11.9. The van der Waals surface area contributed by atoms with Crippen molar-refractivity contribution in [3.63, 3.8) is 0 Å². The maximum atomic E-state index is 13.2. The zero-order valence-electron chi connectivity index (χ0n) is 10.3. The number of nitrogens with zero attached hydrogens (tertiary/aromatic N) is 2. The van der Waals surface area contributed by atoms with E-state index >= 15 is 0 Å². The number of rotatable bonds is 1. The molecular formula is C14H10BrFN2O2. The van der Waals surface area contributed by atoms with Crippen LogP contribution in [0, 0.1) is 11.0 Å². The Morgan fingerprint density at radius 3 is 2.90 bits per heavy atom. The molecule has 0 N–H and O–H groups in total. The van der Waals surface area contributed by atoms with E-state index in [1.165, 1.54) is 24.5 Å². The van der Waals surface area contributed by atoms with Crippen LogP contribution in [0.15, 0.2) is 41.1 Å². The minimum Gasteiger partial charge on any atom is -0.619 e. The number of pyridine rings is 1. The van der Waals surface area contributed by atoms with Crippen molar-refractivity contribution in [1.29, 1.82) is 0 Å². The molecule has 1 aromatic carbocycles. The van der Waals surface area contributed by atoms with Gasteiger partial charge in [-0.3, -0.25) is 4.79 Å². The van der Waals surface area contributed by atoms with Gasteiger partial charge < -0.3 is 10.1 Å². The second-order valence-electron chi connectivity index (χ2n) is 4.58. The molecule has 0 atom stereocenters. The first-order chi connectivity index (χ1) is 9.54. The fraction of sp³-hybridized carbons (Fsp3) is 0.143. The maximum absolute atomic E-state index is 13.2. The summed E-state index contributed by atoms with van der Waals surface area (Å²) in [4.78, 5) is 14.0. The van der Waals surface area contributed by atoms with Crippen LogP contribution in [0.2, 0.25) is 0 Å². The third kappa shape index (κ3) is 2.27. The van der Waals surface area contributed by atoms with Gasteiger partial charge in [0.05, 0.1) is 4.47 Å². The van der Waals surface area contributed by atoms with Gasteiger partial charge in [-0.25, -0.2) is 4.39 Å². The molecule has 102 valence electrons. The van der Waals surface area contributed by atoms with Crippen molar-refractivity contribution < 1.29 is 13.9 Å². The lowest BCUT2D eigenvalue weighted by molar-refractivity contribution is -0.606. The average molecular weight is 337 g/mol. The number of carbonyl (C=O) groups is 1. The summed E-state index contributed by atoms with van der Waals surface area (Å²) in [5.74, 6) is -0.570. The van der Waals surface area contributed by atoms with Gasteiger partial charge in [-0.1, -0.05) is 0 Å². The van der Waals surface area contributed by atoms with Crippen LogP contribution in [0.3, 0.4) is 0 Å². The van der Waals surface area contributed by atoms with E-state index in [0.29, 0.717) is 33.4 Å². The number of benzene rings is 1. The Morgan fingerprint density at radius 2 is 2.15 bits per heavy atom. The molecule has 6 heteroatoms. The van der Waals surface area contributed by atoms with E-state index in [4.69, 9.17) is 0 Å². The molecule has 0 unspecified atom stereocenters. The fourth-order valence-electron chi connectivity index (χ4n) is 2.37. The van der Waals surface area contributed by atoms with Gasteiger partial charge in [0.2, 0.25) is 0 Å². The predicted molar refractivity (Wildman–Crippen MR) is 74.9 cm³/mol. The molecule has 0 fully saturated rings. The summed E-state index contributed by atoms with van der Waals surface area (Å²) in [6, 6.07) is 5.97. The molecular weight excluding hydrogens is 327 g/mol. The van der Waals surface area contributed by atoms with Crippen molar-refractivity contribution in [2.45, 2.75) is 6.42 Å². The molecule has 0 aliphatic carbocycles. The third-order valence-electron chi connectivity index (χ3n) is 3.24. The monoisotopic (exact) mass is 336 g/mol. The van der Waals surface area contributed by atoms with Crippen molar-refractivity contribution in [2.24, 2.45) is 0 Å². The summed E-state index contributed by atoms with van der Waals surface area (Å²) < 4.78 is 14.3. The molecule has 1 amide bonds. The van der Waals surface area contributed by atoms with Gasteiger partial charge in [0, 0.05) is 12.2 Å². The molecule has 0 saturated heterocycles. The summed E-state index contributed by atoms with van der Waals surface area (Å²) in [6.45, 7) is 0.489. The molecule has 20 heavy (non-hydrogen) atoms. The normalized spacial score (nSPS) is 13.4. The first-order valence-electron chi connectivity index (χ1n) is 6.04. The van der Waals surface area contributed by atoms with Crippen molar-refractivity contribution in [3.05, 3.63) is 63.3 Å². The van der Waals surface area contributed by atoms with Crippen LogP contribution in [0.1, 0.15) is 15.9 Å². The van der Waals surface area contributed by atoms with E-state index < -0.39 is 0 Å². The first kappa shape index (κ1) is 13.1. The van der Waals surface area contributed by atoms with Gasteiger partial charge in [0.1, 0.15) is 11.4 Å². The van der Waals surface area contributed by atoms with Gasteiger partial charge >= 0.3 is 0 Å². The van der Waals surface area contributed by atoms with Crippen molar-refractivity contribution in [1.82, 2.24) is 0 Å². The molecule has 2 heterocycles. The number of fused-ring (bicyclic) bond motifs is 1. The Balaban J connectivity index is 1.97. The number of hydrogen-bond donors (Lipinski definition) is 0. The van der Waals surface area contributed by atoms with Crippen molar-refractivity contribution in [3.8, 4) is 0 Å². The van der Waals surface area contributed by atoms with Gasteiger partial charge in [-0.2, -0.15) is 4.73 Å². The Bertz CT molecular complexity index is 685. The van der Waals surface area contributed by atoms with E-state index in [1.807, 2.05) is 0 Å². The number of halogens is 2. The highest BCUT2D eigenvalue weighted by molar-refractivity contribution is 9.10. The second kappa shape index (κ2) is 4.86. The van der Waals surface area contributed by atoms with Gasteiger partial charge in [-0.05, 0) is 52.2 Å². The van der Waals surface area contributed by atoms with Crippen LogP contribution in [-0.4, -0.2) is 12.5 Å². The lowest BCUT2D eigenvalue weighted by atomic mass is 10.1. The standard InChI is InChI=1S/C14H10BrFN2O2/c15-11-5-10(7-17(20)8-11)14(19)18-4-3-9-6-12(16)1-2-13(9)18/h1-2,5-8H,3-4H2. The van der Waals surface area contributed by atoms with Crippen LogP contribution in [0.25, 0.3) is 0 Å². The number of amides is 1. The Labute approximate surface area is 123 Å². The van der Waals surface area contributed by atoms with Crippen molar-refractivity contribution >= 4 is 27.5 Å². The van der Waals surface area contributed by atoms with E-state index in [2.05, 4.69) is 15.9 Å². The lowest BCUT2D eigenvalue weighted by Gasteiger charge is -2.17. The topological polar surface area (TPSA) is 47.2 Å². The number of carbonyl (C=O) groups excluding carboxylic acids is 1. The van der Waals surface area contributed by atoms with E-state index in [-0.39, 0.29) is 11.7 Å². The zero-order chi connectivity index (χ0) is 14.3. The molecule has 1 aromatic heterocycles. The summed E-state index contributed by atoms with van der Waals surface area (Å²) in [7, 11) is 0. The molecule has 2 aromatic rings. The highest BCUT2D eigenvalue weighted by Gasteiger charge is 2.27. The van der Waals surface area contributed by atoms with Crippen LogP contribution in [-0.2, 0) is 6.42 Å². The summed E-state index contributed by atoms with van der Waals surface area (Å²) in [6.07, 6.45) is 3.17. The predicted octanol–water partition coefficient (Wildman–Crippen LogP) is 2.42. The molecule has 0 radical (unpaired) electrons. The Kier molecular flexibility index (Phi) is 3.17. The highest BCUT2D eigenvalue weighted by atomic mass is 79.9. The smallest absolute Gasteiger partial charge is 0.264 e. The second-order valence-corrected chi connectivity index (χ2v) is 5.50. The van der Waals surface area contributed by atoms with E-state index in [1.54, 1.807) is 17.0 Å².